The van der Waals surface area contributed by atoms with Crippen LogP contribution in [0.1, 0.15) is 11.1 Å². The van der Waals surface area contributed by atoms with Gasteiger partial charge in [-0.05, 0) is 47.4 Å². The molecule has 0 unspecified atom stereocenters. The van der Waals surface area contributed by atoms with Crippen LogP contribution in [-0.2, 0) is 0 Å². The molecule has 0 radical (unpaired) electrons. The Morgan fingerprint density at radius 2 is 1.69 bits per heavy atom. The average Bonchev–Trinajstić information content (AvgIpc) is 2.70. The Hall–Kier alpha value is -3.46. The molecule has 2 aromatic carbocycles. The fourth-order valence-corrected chi connectivity index (χ4v) is 3.20. The molecule has 26 heavy (non-hydrogen) atoms. The number of benzene rings is 2. The van der Waals surface area contributed by atoms with Crippen molar-refractivity contribution >= 4 is 28.5 Å². The van der Waals surface area contributed by atoms with Gasteiger partial charge >= 0.3 is 0 Å². The molecule has 0 fully saturated rings. The number of pyridine rings is 2. The highest BCUT2D eigenvalue weighted by atomic mass is 15.0. The van der Waals surface area contributed by atoms with Gasteiger partial charge in [-0.25, -0.2) is 4.98 Å². The van der Waals surface area contributed by atoms with Crippen LogP contribution < -0.4 is 5.32 Å². The third-order valence-electron chi connectivity index (χ3n) is 4.58. The zero-order valence-corrected chi connectivity index (χ0v) is 14.6. The summed E-state index contributed by atoms with van der Waals surface area (Å²) in [6.07, 6.45) is 5.43. The highest BCUT2D eigenvalue weighted by molar-refractivity contribution is 5.95. The van der Waals surface area contributed by atoms with E-state index in [1.54, 1.807) is 12.4 Å². The minimum Gasteiger partial charge on any atom is -0.338 e. The van der Waals surface area contributed by atoms with Crippen molar-refractivity contribution in [2.75, 3.05) is 5.32 Å². The van der Waals surface area contributed by atoms with Gasteiger partial charge in [0.05, 0.1) is 0 Å². The van der Waals surface area contributed by atoms with Crippen molar-refractivity contribution in [3.05, 3.63) is 90.8 Å². The SMILES string of the molecule is C=Cc1ccnc2c(Nc3cccc(-c4ccccc4)c3C)nccc12. The van der Waals surface area contributed by atoms with Crippen LogP contribution in [0.15, 0.2) is 79.6 Å². The maximum Gasteiger partial charge on any atom is 0.156 e. The molecule has 0 aliphatic rings. The first kappa shape index (κ1) is 16.0. The highest BCUT2D eigenvalue weighted by Crippen LogP contribution is 2.31. The van der Waals surface area contributed by atoms with Gasteiger partial charge in [-0.1, -0.05) is 55.1 Å². The fraction of sp³-hybridized carbons (Fsp3) is 0.0435. The van der Waals surface area contributed by atoms with E-state index < -0.39 is 0 Å². The molecular formula is C23H19N3. The zero-order valence-electron chi connectivity index (χ0n) is 14.6. The van der Waals surface area contributed by atoms with E-state index in [-0.39, 0.29) is 0 Å². The van der Waals surface area contributed by atoms with Gasteiger partial charge < -0.3 is 5.32 Å². The number of hydrogen-bond acceptors (Lipinski definition) is 3. The van der Waals surface area contributed by atoms with Crippen molar-refractivity contribution in [1.29, 1.82) is 0 Å². The molecule has 3 heteroatoms. The molecule has 126 valence electrons. The van der Waals surface area contributed by atoms with Gasteiger partial charge in [0.25, 0.3) is 0 Å². The first-order valence-electron chi connectivity index (χ1n) is 8.56. The van der Waals surface area contributed by atoms with Crippen LogP contribution in [-0.4, -0.2) is 9.97 Å². The quantitative estimate of drug-likeness (QED) is 0.497. The molecule has 4 rings (SSSR count). The molecule has 0 aliphatic heterocycles. The second kappa shape index (κ2) is 6.81. The Kier molecular flexibility index (Phi) is 4.20. The van der Waals surface area contributed by atoms with Crippen molar-refractivity contribution in [2.45, 2.75) is 6.92 Å². The van der Waals surface area contributed by atoms with Crippen molar-refractivity contribution in [3.8, 4) is 11.1 Å². The summed E-state index contributed by atoms with van der Waals surface area (Å²) in [6.45, 7) is 6.01. The van der Waals surface area contributed by atoms with E-state index in [1.807, 2.05) is 24.3 Å². The van der Waals surface area contributed by atoms with Crippen LogP contribution >= 0.6 is 0 Å². The van der Waals surface area contributed by atoms with Gasteiger partial charge in [-0.3, -0.25) is 4.98 Å². The van der Waals surface area contributed by atoms with Gasteiger partial charge in [0.2, 0.25) is 0 Å². The van der Waals surface area contributed by atoms with Crippen molar-refractivity contribution < 1.29 is 0 Å². The van der Waals surface area contributed by atoms with E-state index >= 15 is 0 Å². The summed E-state index contributed by atoms with van der Waals surface area (Å²) in [7, 11) is 0. The normalized spacial score (nSPS) is 10.7. The lowest BCUT2D eigenvalue weighted by molar-refractivity contribution is 1.28. The van der Waals surface area contributed by atoms with Gasteiger partial charge in [-0.15, -0.1) is 0 Å². The monoisotopic (exact) mass is 337 g/mol. The molecule has 0 saturated heterocycles. The van der Waals surface area contributed by atoms with Crippen LogP contribution in [0.2, 0.25) is 0 Å². The molecule has 2 aromatic heterocycles. The van der Waals surface area contributed by atoms with Crippen LogP contribution in [0.5, 0.6) is 0 Å². The summed E-state index contributed by atoms with van der Waals surface area (Å²) in [5.41, 5.74) is 6.50. The molecule has 0 bridgehead atoms. The third-order valence-corrected chi connectivity index (χ3v) is 4.58. The number of nitrogens with one attached hydrogen (secondary N) is 1. The Labute approximate surface area is 153 Å². The summed E-state index contributed by atoms with van der Waals surface area (Å²) >= 11 is 0. The van der Waals surface area contributed by atoms with E-state index in [4.69, 9.17) is 0 Å². The smallest absolute Gasteiger partial charge is 0.156 e. The molecule has 3 nitrogen and oxygen atoms in total. The van der Waals surface area contributed by atoms with Crippen molar-refractivity contribution in [2.24, 2.45) is 0 Å². The van der Waals surface area contributed by atoms with E-state index in [2.05, 4.69) is 71.3 Å². The summed E-state index contributed by atoms with van der Waals surface area (Å²) in [5, 5.41) is 4.51. The molecule has 0 aliphatic carbocycles. The van der Waals surface area contributed by atoms with E-state index in [0.29, 0.717) is 0 Å². The van der Waals surface area contributed by atoms with Gasteiger partial charge in [-0.2, -0.15) is 0 Å². The lowest BCUT2D eigenvalue weighted by Gasteiger charge is -2.14. The van der Waals surface area contributed by atoms with Gasteiger partial charge in [0.1, 0.15) is 5.52 Å². The van der Waals surface area contributed by atoms with Gasteiger partial charge in [0.15, 0.2) is 5.82 Å². The first-order valence-corrected chi connectivity index (χ1v) is 8.56. The van der Waals surface area contributed by atoms with E-state index in [9.17, 15) is 0 Å². The predicted octanol–water partition coefficient (Wildman–Crippen LogP) is 5.99. The van der Waals surface area contributed by atoms with Crippen molar-refractivity contribution in [3.63, 3.8) is 0 Å². The first-order chi connectivity index (χ1) is 12.8. The number of hydrogen-bond donors (Lipinski definition) is 1. The lowest BCUT2D eigenvalue weighted by Crippen LogP contribution is -1.99. The lowest BCUT2D eigenvalue weighted by atomic mass is 9.99. The topological polar surface area (TPSA) is 37.8 Å². The molecule has 0 amide bonds. The molecule has 0 spiro atoms. The summed E-state index contributed by atoms with van der Waals surface area (Å²) in [5.74, 6) is 0.750. The Morgan fingerprint density at radius 1 is 0.885 bits per heavy atom. The largest absolute Gasteiger partial charge is 0.338 e. The standard InChI is InChI=1S/C23H19N3/c1-3-17-12-14-24-22-20(17)13-15-25-23(22)26-21-11-7-10-19(16(21)2)18-8-5-4-6-9-18/h3-15H,1H2,2H3,(H,25,26). The number of rotatable bonds is 4. The number of fused-ring (bicyclic) bond motifs is 1. The number of nitrogens with zero attached hydrogens (tertiary/aromatic N) is 2. The third kappa shape index (κ3) is 2.84. The average molecular weight is 337 g/mol. The second-order valence-electron chi connectivity index (χ2n) is 6.13. The van der Waals surface area contributed by atoms with Crippen LogP contribution in [0.25, 0.3) is 28.1 Å². The van der Waals surface area contributed by atoms with Crippen LogP contribution in [0.3, 0.4) is 0 Å². The summed E-state index contributed by atoms with van der Waals surface area (Å²) in [6, 6.07) is 20.6. The van der Waals surface area contributed by atoms with Crippen molar-refractivity contribution in [1.82, 2.24) is 9.97 Å². The highest BCUT2D eigenvalue weighted by Gasteiger charge is 2.10. The molecule has 0 saturated carbocycles. The Morgan fingerprint density at radius 3 is 2.50 bits per heavy atom. The van der Waals surface area contributed by atoms with E-state index in [1.165, 1.54) is 16.7 Å². The maximum absolute atomic E-state index is 4.52. The molecule has 4 aromatic rings. The Bertz CT molecular complexity index is 1090. The molecule has 0 atom stereocenters. The fourth-order valence-electron chi connectivity index (χ4n) is 3.20. The molecule has 2 heterocycles. The van der Waals surface area contributed by atoms with Crippen LogP contribution in [0, 0.1) is 6.92 Å². The molecule has 1 N–H and O–H groups in total. The summed E-state index contributed by atoms with van der Waals surface area (Å²) in [4.78, 5) is 9.04. The number of aromatic nitrogens is 2. The second-order valence-corrected chi connectivity index (χ2v) is 6.13. The Balaban J connectivity index is 1.80. The summed E-state index contributed by atoms with van der Waals surface area (Å²) < 4.78 is 0. The minimum atomic E-state index is 0.750. The van der Waals surface area contributed by atoms with E-state index in [0.717, 1.165) is 28.0 Å². The molecular weight excluding hydrogens is 318 g/mol. The minimum absolute atomic E-state index is 0.750. The maximum atomic E-state index is 4.52. The zero-order chi connectivity index (χ0) is 17.9. The predicted molar refractivity (Wildman–Crippen MR) is 110 cm³/mol. The van der Waals surface area contributed by atoms with Gasteiger partial charge in [0, 0.05) is 23.5 Å². The van der Waals surface area contributed by atoms with Crippen LogP contribution in [0.4, 0.5) is 11.5 Å². The number of anilines is 2.